The second-order valence-corrected chi connectivity index (χ2v) is 4.30. The van der Waals surface area contributed by atoms with E-state index in [-0.39, 0.29) is 0 Å². The van der Waals surface area contributed by atoms with Gasteiger partial charge >= 0.3 is 0 Å². The SMILES string of the molecule is CC[C@@H](O)CNC(C)(C(N)=O)c1ccccc1. The van der Waals surface area contributed by atoms with Crippen LogP contribution in [0.25, 0.3) is 0 Å². The number of aliphatic hydroxyl groups is 1. The van der Waals surface area contributed by atoms with E-state index in [1.54, 1.807) is 6.92 Å². The van der Waals surface area contributed by atoms with E-state index in [1.165, 1.54) is 0 Å². The summed E-state index contributed by atoms with van der Waals surface area (Å²) in [6, 6.07) is 9.28. The van der Waals surface area contributed by atoms with Crippen molar-refractivity contribution < 1.29 is 9.90 Å². The number of nitrogens with two attached hydrogens (primary N) is 1. The van der Waals surface area contributed by atoms with Crippen molar-refractivity contribution in [3.05, 3.63) is 35.9 Å². The van der Waals surface area contributed by atoms with Gasteiger partial charge in [0.2, 0.25) is 5.91 Å². The molecule has 0 saturated heterocycles. The topological polar surface area (TPSA) is 75.3 Å². The number of hydrogen-bond donors (Lipinski definition) is 3. The minimum atomic E-state index is -0.947. The number of amides is 1. The molecule has 0 fully saturated rings. The highest BCUT2D eigenvalue weighted by Crippen LogP contribution is 2.20. The van der Waals surface area contributed by atoms with Crippen LogP contribution in [0, 0.1) is 0 Å². The average molecular weight is 236 g/mol. The Balaban J connectivity index is 2.87. The van der Waals surface area contributed by atoms with Gasteiger partial charge in [0.05, 0.1) is 6.10 Å². The molecule has 1 rings (SSSR count). The molecule has 0 aliphatic rings. The van der Waals surface area contributed by atoms with Gasteiger partial charge in [-0.2, -0.15) is 0 Å². The molecular formula is C13H20N2O2. The Hall–Kier alpha value is -1.39. The summed E-state index contributed by atoms with van der Waals surface area (Å²) in [4.78, 5) is 11.6. The van der Waals surface area contributed by atoms with Gasteiger partial charge in [-0.1, -0.05) is 37.3 Å². The minimum absolute atomic E-state index is 0.338. The second kappa shape index (κ2) is 5.80. The van der Waals surface area contributed by atoms with E-state index in [9.17, 15) is 9.90 Å². The molecule has 1 amide bonds. The quantitative estimate of drug-likeness (QED) is 0.682. The fourth-order valence-electron chi connectivity index (χ4n) is 1.57. The number of rotatable bonds is 6. The van der Waals surface area contributed by atoms with Crippen molar-refractivity contribution in [2.75, 3.05) is 6.54 Å². The lowest BCUT2D eigenvalue weighted by atomic mass is 9.91. The van der Waals surface area contributed by atoms with E-state index in [2.05, 4.69) is 5.32 Å². The summed E-state index contributed by atoms with van der Waals surface area (Å²) >= 11 is 0. The van der Waals surface area contributed by atoms with Gasteiger partial charge in [0.25, 0.3) is 0 Å². The number of nitrogens with one attached hydrogen (secondary N) is 1. The Labute approximate surface area is 102 Å². The molecule has 94 valence electrons. The lowest BCUT2D eigenvalue weighted by Gasteiger charge is -2.29. The maximum Gasteiger partial charge on any atom is 0.242 e. The average Bonchev–Trinajstić information content (AvgIpc) is 2.36. The summed E-state index contributed by atoms with van der Waals surface area (Å²) in [6.45, 7) is 3.95. The van der Waals surface area contributed by atoms with Gasteiger partial charge in [0.1, 0.15) is 5.54 Å². The van der Waals surface area contributed by atoms with E-state index in [1.807, 2.05) is 37.3 Å². The van der Waals surface area contributed by atoms with Crippen LogP contribution in [0.4, 0.5) is 0 Å². The second-order valence-electron chi connectivity index (χ2n) is 4.30. The van der Waals surface area contributed by atoms with Crippen LogP contribution >= 0.6 is 0 Å². The van der Waals surface area contributed by atoms with Gasteiger partial charge in [-0.05, 0) is 18.9 Å². The number of primary amides is 1. The summed E-state index contributed by atoms with van der Waals surface area (Å²) in [5.41, 5.74) is 5.30. The van der Waals surface area contributed by atoms with Crippen LogP contribution in [0.2, 0.25) is 0 Å². The zero-order chi connectivity index (χ0) is 12.9. The van der Waals surface area contributed by atoms with E-state index in [0.29, 0.717) is 13.0 Å². The molecule has 0 bridgehead atoms. The fraction of sp³-hybridized carbons (Fsp3) is 0.462. The molecule has 4 N–H and O–H groups in total. The molecule has 4 nitrogen and oxygen atoms in total. The van der Waals surface area contributed by atoms with Crippen molar-refractivity contribution in [1.82, 2.24) is 5.32 Å². The predicted octanol–water partition coefficient (Wildman–Crippen LogP) is 0.748. The molecule has 0 aliphatic carbocycles. The summed E-state index contributed by atoms with van der Waals surface area (Å²) < 4.78 is 0. The van der Waals surface area contributed by atoms with Crippen LogP contribution < -0.4 is 11.1 Å². The molecular weight excluding hydrogens is 216 g/mol. The molecule has 0 aromatic heterocycles. The lowest BCUT2D eigenvalue weighted by molar-refractivity contribution is -0.124. The van der Waals surface area contributed by atoms with Gasteiger partial charge in [0.15, 0.2) is 0 Å². The maximum atomic E-state index is 11.6. The van der Waals surface area contributed by atoms with Crippen molar-refractivity contribution in [1.29, 1.82) is 0 Å². The molecule has 0 radical (unpaired) electrons. The van der Waals surface area contributed by atoms with Crippen LogP contribution in [0.15, 0.2) is 30.3 Å². The lowest BCUT2D eigenvalue weighted by Crippen LogP contribution is -2.52. The zero-order valence-corrected chi connectivity index (χ0v) is 10.3. The van der Waals surface area contributed by atoms with Crippen molar-refractivity contribution >= 4 is 5.91 Å². The normalized spacial score (nSPS) is 16.2. The summed E-state index contributed by atoms with van der Waals surface area (Å²) in [5.74, 6) is -0.452. The number of aliphatic hydroxyl groups excluding tert-OH is 1. The first-order valence-corrected chi connectivity index (χ1v) is 5.79. The zero-order valence-electron chi connectivity index (χ0n) is 10.3. The summed E-state index contributed by atoms with van der Waals surface area (Å²) in [5, 5.41) is 12.6. The number of hydrogen-bond acceptors (Lipinski definition) is 3. The molecule has 1 aromatic carbocycles. The Morgan fingerprint density at radius 1 is 1.47 bits per heavy atom. The first-order chi connectivity index (χ1) is 8.00. The molecule has 0 saturated carbocycles. The van der Waals surface area contributed by atoms with Gasteiger partial charge in [-0.3, -0.25) is 10.1 Å². The largest absolute Gasteiger partial charge is 0.392 e. The monoisotopic (exact) mass is 236 g/mol. The van der Waals surface area contributed by atoms with Crippen molar-refractivity contribution in [2.45, 2.75) is 31.9 Å². The van der Waals surface area contributed by atoms with Crippen LogP contribution in [-0.4, -0.2) is 23.7 Å². The van der Waals surface area contributed by atoms with Crippen molar-refractivity contribution in [3.8, 4) is 0 Å². The molecule has 1 aromatic rings. The van der Waals surface area contributed by atoms with Crippen molar-refractivity contribution in [2.24, 2.45) is 5.73 Å². The first kappa shape index (κ1) is 13.7. The number of carbonyl (C=O) groups is 1. The minimum Gasteiger partial charge on any atom is -0.392 e. The molecule has 17 heavy (non-hydrogen) atoms. The Morgan fingerprint density at radius 2 is 2.06 bits per heavy atom. The fourth-order valence-corrected chi connectivity index (χ4v) is 1.57. The molecule has 2 atom stereocenters. The predicted molar refractivity (Wildman–Crippen MR) is 67.3 cm³/mol. The van der Waals surface area contributed by atoms with Gasteiger partial charge in [-0.25, -0.2) is 0 Å². The van der Waals surface area contributed by atoms with Crippen LogP contribution in [0.1, 0.15) is 25.8 Å². The molecule has 0 aliphatic heterocycles. The summed E-state index contributed by atoms with van der Waals surface area (Å²) in [7, 11) is 0. The molecule has 4 heteroatoms. The molecule has 1 unspecified atom stereocenters. The Bertz CT molecular complexity index is 367. The van der Waals surface area contributed by atoms with Crippen LogP contribution in [-0.2, 0) is 10.3 Å². The van der Waals surface area contributed by atoms with Gasteiger partial charge < -0.3 is 10.8 Å². The molecule has 0 heterocycles. The van der Waals surface area contributed by atoms with Crippen molar-refractivity contribution in [3.63, 3.8) is 0 Å². The maximum absolute atomic E-state index is 11.6. The third-order valence-electron chi connectivity index (χ3n) is 3.01. The molecule has 0 spiro atoms. The van der Waals surface area contributed by atoms with Gasteiger partial charge in [-0.15, -0.1) is 0 Å². The number of benzene rings is 1. The highest BCUT2D eigenvalue weighted by molar-refractivity contribution is 5.85. The third-order valence-corrected chi connectivity index (χ3v) is 3.01. The van der Waals surface area contributed by atoms with Crippen LogP contribution in [0.5, 0.6) is 0 Å². The van der Waals surface area contributed by atoms with E-state index < -0.39 is 17.6 Å². The highest BCUT2D eigenvalue weighted by atomic mass is 16.3. The Kier molecular flexibility index (Phi) is 4.66. The smallest absolute Gasteiger partial charge is 0.242 e. The summed E-state index contributed by atoms with van der Waals surface area (Å²) in [6.07, 6.45) is 0.161. The number of carbonyl (C=O) groups excluding carboxylic acids is 1. The standard InChI is InChI=1S/C13H20N2O2/c1-3-11(16)9-15-13(2,12(14)17)10-7-5-4-6-8-10/h4-8,11,15-16H,3,9H2,1-2H3,(H2,14,17)/t11-,13?/m1/s1. The van der Waals surface area contributed by atoms with Crippen LogP contribution in [0.3, 0.4) is 0 Å². The van der Waals surface area contributed by atoms with E-state index >= 15 is 0 Å². The first-order valence-electron chi connectivity index (χ1n) is 5.79. The van der Waals surface area contributed by atoms with E-state index in [4.69, 9.17) is 5.73 Å². The third kappa shape index (κ3) is 3.28. The van der Waals surface area contributed by atoms with E-state index in [0.717, 1.165) is 5.56 Å². The Morgan fingerprint density at radius 3 is 2.53 bits per heavy atom. The highest BCUT2D eigenvalue weighted by Gasteiger charge is 2.32. The van der Waals surface area contributed by atoms with Gasteiger partial charge in [0, 0.05) is 6.54 Å².